The third kappa shape index (κ3) is 8.90. The van der Waals surface area contributed by atoms with Crippen molar-refractivity contribution in [2.24, 2.45) is 34.6 Å². The highest BCUT2D eigenvalue weighted by Crippen LogP contribution is 2.36. The molecule has 19 heteroatoms. The summed E-state index contributed by atoms with van der Waals surface area (Å²) in [6.45, 7) is -0.583. The molecule has 1 aliphatic carbocycles. The SMILES string of the molecule is NCCCN[C@H]1[C@@H](OC2[C@@H](N)C[C@@H](CC(=O)C(O)C(O)CN)[C@H](O[C@H]3O[C@H](CO)[C@@H](O)[C@H](N)[C@H]3O)[C@H]2O)O[C@H](CN)[C@@H](O)[C@@H]1O. The maximum absolute atomic E-state index is 12.9. The van der Waals surface area contributed by atoms with Crippen molar-refractivity contribution in [1.29, 1.82) is 0 Å². The molecule has 19 N–H and O–H groups in total. The second-order valence-electron chi connectivity index (χ2n) is 11.9. The molecule has 0 aromatic rings. The number of carbonyl (C=O) groups is 1. The van der Waals surface area contributed by atoms with Crippen LogP contribution in [0.4, 0.5) is 0 Å². The van der Waals surface area contributed by atoms with Crippen LogP contribution in [0.15, 0.2) is 0 Å². The van der Waals surface area contributed by atoms with Gasteiger partial charge in [-0.2, -0.15) is 0 Å². The molecule has 0 radical (unpaired) electrons. The van der Waals surface area contributed by atoms with Crippen LogP contribution in [0.3, 0.4) is 0 Å². The largest absolute Gasteiger partial charge is 0.394 e. The monoisotopic (exact) mass is 656 g/mol. The van der Waals surface area contributed by atoms with E-state index < -0.39 is 129 Å². The highest BCUT2D eigenvalue weighted by Gasteiger charge is 2.52. The van der Waals surface area contributed by atoms with Crippen molar-refractivity contribution in [2.75, 3.05) is 32.8 Å². The summed E-state index contributed by atoms with van der Waals surface area (Å²) in [5.41, 5.74) is 29.0. The molecule has 2 aliphatic heterocycles. The summed E-state index contributed by atoms with van der Waals surface area (Å²) >= 11 is 0. The second-order valence-corrected chi connectivity index (χ2v) is 11.9. The summed E-state index contributed by atoms with van der Waals surface area (Å²) in [5.74, 6) is -1.76. The van der Waals surface area contributed by atoms with Crippen LogP contribution < -0.4 is 34.0 Å². The molecule has 3 rings (SSSR count). The molecular formula is C26H52N6O13. The number of Topliss-reactive ketones (excluding diaryl/α,β-unsaturated/α-hetero) is 1. The van der Waals surface area contributed by atoms with E-state index in [4.69, 9.17) is 47.6 Å². The lowest BCUT2D eigenvalue weighted by atomic mass is 9.76. The van der Waals surface area contributed by atoms with E-state index in [1.807, 2.05) is 0 Å². The van der Waals surface area contributed by atoms with Crippen LogP contribution in [0.5, 0.6) is 0 Å². The van der Waals surface area contributed by atoms with Crippen molar-refractivity contribution in [1.82, 2.24) is 5.32 Å². The molecule has 264 valence electrons. The Balaban J connectivity index is 1.90. The van der Waals surface area contributed by atoms with Gasteiger partial charge in [0.05, 0.1) is 30.9 Å². The Morgan fingerprint density at radius 2 is 1.51 bits per heavy atom. The molecule has 0 amide bonds. The second kappa shape index (κ2) is 17.4. The van der Waals surface area contributed by atoms with Crippen LogP contribution in [-0.2, 0) is 23.7 Å². The molecule has 17 atom stereocenters. The molecule has 0 aromatic heterocycles. The lowest BCUT2D eigenvalue weighted by Gasteiger charge is -2.49. The number of ketones is 1. The molecule has 19 nitrogen and oxygen atoms in total. The van der Waals surface area contributed by atoms with E-state index in [-0.39, 0.29) is 13.0 Å². The van der Waals surface area contributed by atoms with E-state index >= 15 is 0 Å². The minimum absolute atomic E-state index is 0.0615. The van der Waals surface area contributed by atoms with Crippen molar-refractivity contribution in [3.8, 4) is 0 Å². The molecule has 0 spiro atoms. The molecule has 0 bridgehead atoms. The molecule has 1 saturated carbocycles. The Kier molecular flexibility index (Phi) is 14.8. The zero-order valence-electron chi connectivity index (χ0n) is 25.0. The molecule has 3 aliphatic rings. The first-order valence-corrected chi connectivity index (χ1v) is 15.2. The van der Waals surface area contributed by atoms with Crippen molar-refractivity contribution < 1.29 is 64.6 Å². The Morgan fingerprint density at radius 3 is 2.11 bits per heavy atom. The molecule has 3 unspecified atom stereocenters. The maximum Gasteiger partial charge on any atom is 0.186 e. The number of aliphatic hydroxyl groups excluding tert-OH is 8. The van der Waals surface area contributed by atoms with Gasteiger partial charge in [0.2, 0.25) is 0 Å². The minimum atomic E-state index is -1.84. The number of hydrogen-bond acceptors (Lipinski definition) is 19. The van der Waals surface area contributed by atoms with Crippen LogP contribution >= 0.6 is 0 Å². The normalized spacial score (nSPS) is 44.0. The number of nitrogens with one attached hydrogen (secondary N) is 1. The van der Waals surface area contributed by atoms with Gasteiger partial charge in [-0.25, -0.2) is 0 Å². The van der Waals surface area contributed by atoms with Gasteiger partial charge in [0, 0.05) is 25.6 Å². The third-order valence-corrected chi connectivity index (χ3v) is 8.75. The van der Waals surface area contributed by atoms with Crippen LogP contribution in [-0.4, -0.2) is 177 Å². The predicted octanol–water partition coefficient (Wildman–Crippen LogP) is -8.42. The average molecular weight is 657 g/mol. The fourth-order valence-corrected chi connectivity index (χ4v) is 6.00. The smallest absolute Gasteiger partial charge is 0.186 e. The number of hydrogen-bond donors (Lipinski definition) is 14. The van der Waals surface area contributed by atoms with E-state index in [0.29, 0.717) is 19.5 Å². The summed E-state index contributed by atoms with van der Waals surface area (Å²) in [5, 5.41) is 86.8. The zero-order valence-corrected chi connectivity index (χ0v) is 25.0. The zero-order chi connectivity index (χ0) is 33.6. The van der Waals surface area contributed by atoms with Gasteiger partial charge in [0.25, 0.3) is 0 Å². The number of nitrogens with two attached hydrogens (primary N) is 5. The first-order valence-electron chi connectivity index (χ1n) is 15.2. The first-order chi connectivity index (χ1) is 21.3. The fraction of sp³-hybridized carbons (Fsp3) is 0.962. The van der Waals surface area contributed by atoms with E-state index in [0.717, 1.165) is 0 Å². The van der Waals surface area contributed by atoms with Gasteiger partial charge < -0.3 is 93.8 Å². The maximum atomic E-state index is 12.9. The standard InChI is InChI=1S/C26H52N6O13/c27-2-1-3-32-16-21(40)19(38)13(7-29)42-25(16)45-24-10(30)4-9(5-11(34)17(36)12(35)6-28)23(22(24)41)44-26-20(39)15(31)18(37)14(8-33)43-26/h9-10,12-26,32-33,35-41H,1-8,27-31H2/t9-,10-,12?,13+,14+,15-,16+,17?,18+,19+,20+,21+,22+,23-,24?,25+,26+/m0/s1. The molecule has 45 heavy (non-hydrogen) atoms. The highest BCUT2D eigenvalue weighted by molar-refractivity contribution is 5.83. The number of rotatable bonds is 15. The third-order valence-electron chi connectivity index (χ3n) is 8.75. The molecule has 0 aromatic carbocycles. The predicted molar refractivity (Wildman–Crippen MR) is 153 cm³/mol. The summed E-state index contributed by atoms with van der Waals surface area (Å²) in [6, 6.07) is -3.31. The minimum Gasteiger partial charge on any atom is -0.394 e. The van der Waals surface area contributed by atoms with Gasteiger partial charge in [0.1, 0.15) is 54.9 Å². The van der Waals surface area contributed by atoms with Gasteiger partial charge in [-0.3, -0.25) is 4.79 Å². The molecule has 2 heterocycles. The van der Waals surface area contributed by atoms with Crippen molar-refractivity contribution in [3.05, 3.63) is 0 Å². The lowest BCUT2D eigenvalue weighted by Crippen LogP contribution is -2.68. The average Bonchev–Trinajstić information content (AvgIpc) is 3.02. The van der Waals surface area contributed by atoms with Crippen LogP contribution in [0, 0.1) is 5.92 Å². The van der Waals surface area contributed by atoms with Crippen LogP contribution in [0.2, 0.25) is 0 Å². The molecular weight excluding hydrogens is 604 g/mol. The fourth-order valence-electron chi connectivity index (χ4n) is 6.00. The van der Waals surface area contributed by atoms with Gasteiger partial charge >= 0.3 is 0 Å². The first kappa shape index (κ1) is 38.4. The Morgan fingerprint density at radius 1 is 0.867 bits per heavy atom. The van der Waals surface area contributed by atoms with Crippen molar-refractivity contribution in [3.63, 3.8) is 0 Å². The van der Waals surface area contributed by atoms with E-state index in [1.165, 1.54) is 0 Å². The molecule has 2 saturated heterocycles. The number of carbonyl (C=O) groups excluding carboxylic acids is 1. The van der Waals surface area contributed by atoms with Gasteiger partial charge in [-0.05, 0) is 31.8 Å². The van der Waals surface area contributed by atoms with E-state index in [1.54, 1.807) is 0 Å². The van der Waals surface area contributed by atoms with Gasteiger partial charge in [0.15, 0.2) is 18.4 Å². The lowest BCUT2D eigenvalue weighted by molar-refractivity contribution is -0.324. The quantitative estimate of drug-likeness (QED) is 0.0727. The summed E-state index contributed by atoms with van der Waals surface area (Å²) in [7, 11) is 0. The van der Waals surface area contributed by atoms with Crippen LogP contribution in [0.25, 0.3) is 0 Å². The Hall–Kier alpha value is -1.05. The summed E-state index contributed by atoms with van der Waals surface area (Å²) in [6.07, 6.45) is -18.7. The summed E-state index contributed by atoms with van der Waals surface area (Å²) < 4.78 is 23.5. The van der Waals surface area contributed by atoms with Crippen molar-refractivity contribution in [2.45, 2.75) is 117 Å². The number of ether oxygens (including phenoxy) is 4. The summed E-state index contributed by atoms with van der Waals surface area (Å²) in [4.78, 5) is 12.9. The molecule has 3 fully saturated rings. The Labute approximate surface area is 260 Å². The highest BCUT2D eigenvalue weighted by atomic mass is 16.7. The van der Waals surface area contributed by atoms with Crippen LogP contribution in [0.1, 0.15) is 19.3 Å². The van der Waals surface area contributed by atoms with Gasteiger partial charge in [-0.1, -0.05) is 0 Å². The number of aliphatic hydroxyl groups is 8. The Bertz CT molecular complexity index is 913. The van der Waals surface area contributed by atoms with Crippen molar-refractivity contribution >= 4 is 5.78 Å². The van der Waals surface area contributed by atoms with Gasteiger partial charge in [-0.15, -0.1) is 0 Å². The van der Waals surface area contributed by atoms with E-state index in [2.05, 4.69) is 5.32 Å². The topological polar surface area (TPSA) is 358 Å². The van der Waals surface area contributed by atoms with E-state index in [9.17, 15) is 45.6 Å².